The highest BCUT2D eigenvalue weighted by Crippen LogP contribution is 2.45. The number of esters is 1. The molecule has 14 heteroatoms. The quantitative estimate of drug-likeness (QED) is 0.0248. The second-order valence-electron chi connectivity index (χ2n) is 20.2. The second-order valence-corrected chi connectivity index (χ2v) is 22.1. The average molecular weight is 1150 g/mol. The molecule has 0 radical (unpaired) electrons. The lowest BCUT2D eigenvalue weighted by Gasteiger charge is -2.49. The maximum Gasteiger partial charge on any atom is 0.356 e. The van der Waals surface area contributed by atoms with Crippen LogP contribution in [-0.4, -0.2) is 57.2 Å². The Kier molecular flexibility index (Phi) is 16.3. The number of thiazole rings is 1. The highest BCUT2D eigenvalue weighted by molar-refractivity contribution is 8.00. The van der Waals surface area contributed by atoms with Crippen LogP contribution in [-0.2, 0) is 35.1 Å². The fourth-order valence-electron chi connectivity index (χ4n) is 10.9. The summed E-state index contributed by atoms with van der Waals surface area (Å²) in [5.74, 6) is -1.40. The number of carbonyl (C=O) groups is 3. The minimum atomic E-state index is -1.40. The van der Waals surface area contributed by atoms with Crippen LogP contribution in [0.3, 0.4) is 0 Å². The number of amides is 2. The molecule has 1 unspecified atom stereocenters. The number of aromatic nitrogens is 1. The third-order valence-electron chi connectivity index (χ3n) is 15.0. The van der Waals surface area contributed by atoms with Crippen molar-refractivity contribution in [1.29, 1.82) is 5.26 Å². The Morgan fingerprint density at radius 2 is 1.11 bits per heavy atom. The molecule has 12 rings (SSSR count). The van der Waals surface area contributed by atoms with E-state index < -0.39 is 46.4 Å². The van der Waals surface area contributed by atoms with Crippen LogP contribution < -0.4 is 15.4 Å². The Hall–Kier alpha value is -10.3. The summed E-state index contributed by atoms with van der Waals surface area (Å²) in [5, 5.41) is 22.9. The molecule has 0 spiro atoms. The summed E-state index contributed by atoms with van der Waals surface area (Å²) in [5.41, 5.74) is 5.04. The third kappa shape index (κ3) is 11.2. The molecule has 1 aromatic heterocycles. The van der Waals surface area contributed by atoms with Crippen molar-refractivity contribution in [1.82, 2.24) is 15.2 Å². The van der Waals surface area contributed by atoms with Crippen LogP contribution >= 0.6 is 23.1 Å². The van der Waals surface area contributed by atoms with Gasteiger partial charge in [-0.3, -0.25) is 14.5 Å². The molecule has 1 saturated heterocycles. The third-order valence-corrected chi connectivity index (χ3v) is 17.1. The number of nitrogens with one attached hydrogen (secondary N) is 2. The molecular weight excluding hydrogens is 1100 g/mol. The van der Waals surface area contributed by atoms with Crippen LogP contribution in [0.2, 0.25) is 0 Å². The number of benzene rings is 9. The zero-order valence-corrected chi connectivity index (χ0v) is 47.3. The van der Waals surface area contributed by atoms with Gasteiger partial charge in [-0.1, -0.05) is 254 Å². The van der Waals surface area contributed by atoms with Crippen LogP contribution in [0.25, 0.3) is 0 Å². The molecular formula is C71H54N6O6S2. The van der Waals surface area contributed by atoms with Gasteiger partial charge in [-0.25, -0.2) is 9.78 Å². The van der Waals surface area contributed by atoms with Crippen molar-refractivity contribution in [3.8, 4) is 11.8 Å². The van der Waals surface area contributed by atoms with Gasteiger partial charge in [-0.2, -0.15) is 5.26 Å². The molecule has 416 valence electrons. The minimum absolute atomic E-state index is 0.0112. The topological polar surface area (TPSA) is 155 Å². The van der Waals surface area contributed by atoms with Gasteiger partial charge < -0.3 is 24.9 Å². The predicted octanol–water partition coefficient (Wildman–Crippen LogP) is 13.2. The summed E-state index contributed by atoms with van der Waals surface area (Å²) in [6.07, 6.45) is -0.832. The van der Waals surface area contributed by atoms with E-state index in [0.717, 1.165) is 44.5 Å². The summed E-state index contributed by atoms with van der Waals surface area (Å²) >= 11 is 2.66. The van der Waals surface area contributed by atoms with Crippen molar-refractivity contribution < 1.29 is 28.7 Å². The van der Waals surface area contributed by atoms with E-state index >= 15 is 14.4 Å². The lowest BCUT2D eigenvalue weighted by atomic mass is 9.77. The highest BCUT2D eigenvalue weighted by atomic mass is 32.2. The Balaban J connectivity index is 0.934. The van der Waals surface area contributed by atoms with E-state index in [1.165, 1.54) is 28.0 Å². The van der Waals surface area contributed by atoms with E-state index in [-0.39, 0.29) is 29.5 Å². The van der Waals surface area contributed by atoms with Gasteiger partial charge in [0.1, 0.15) is 40.7 Å². The maximum atomic E-state index is 15.6. The number of oxime groups is 1. The Bertz CT molecular complexity index is 3830. The van der Waals surface area contributed by atoms with Gasteiger partial charge in [0.15, 0.2) is 16.9 Å². The average Bonchev–Trinajstić information content (AvgIpc) is 1.64. The summed E-state index contributed by atoms with van der Waals surface area (Å²) < 4.78 is 12.7. The van der Waals surface area contributed by atoms with Crippen LogP contribution in [0.1, 0.15) is 61.9 Å². The largest absolute Gasteiger partial charge is 0.489 e. The SMILES string of the molecule is N#Cc1cccc(OCC2=C(C(=O)OC(c3ccccc3)c3ccccc3)N3C(=O)C(NC(=O)C(=NOC(c4ccccc4)(c4ccccc4)c4ccccc4)c4csc(NC(c5ccccc5)(c5ccccc5)c5ccccc5)n4)[C@@H]3SC2)c1. The first-order chi connectivity index (χ1) is 41.8. The van der Waals surface area contributed by atoms with Gasteiger partial charge in [-0.05, 0) is 46.0 Å². The Morgan fingerprint density at radius 3 is 1.59 bits per heavy atom. The summed E-state index contributed by atoms with van der Waals surface area (Å²) in [4.78, 5) is 59.3. The Morgan fingerprint density at radius 1 is 0.635 bits per heavy atom. The molecule has 2 aliphatic rings. The monoisotopic (exact) mass is 1150 g/mol. The highest BCUT2D eigenvalue weighted by Gasteiger charge is 2.55. The Labute approximate surface area is 500 Å². The number of thioether (sulfide) groups is 1. The van der Waals surface area contributed by atoms with Crippen LogP contribution in [0, 0.1) is 11.3 Å². The molecule has 2 atom stereocenters. The number of hydrogen-bond donors (Lipinski definition) is 2. The van der Waals surface area contributed by atoms with E-state index in [4.69, 9.17) is 24.5 Å². The van der Waals surface area contributed by atoms with Gasteiger partial charge in [0.2, 0.25) is 5.60 Å². The van der Waals surface area contributed by atoms with E-state index in [1.54, 1.807) is 29.6 Å². The zero-order valence-electron chi connectivity index (χ0n) is 45.7. The van der Waals surface area contributed by atoms with Crippen molar-refractivity contribution >= 4 is 51.7 Å². The normalized spacial score (nSPS) is 15.0. The fourth-order valence-corrected chi connectivity index (χ4v) is 13.0. The zero-order chi connectivity index (χ0) is 58.0. The van der Waals surface area contributed by atoms with E-state index in [9.17, 15) is 5.26 Å². The molecule has 10 aromatic rings. The van der Waals surface area contributed by atoms with Gasteiger partial charge >= 0.3 is 5.97 Å². The molecule has 0 saturated carbocycles. The minimum Gasteiger partial charge on any atom is -0.489 e. The molecule has 3 heterocycles. The van der Waals surface area contributed by atoms with Crippen LogP contribution in [0.15, 0.2) is 289 Å². The first kappa shape index (κ1) is 55.2. The van der Waals surface area contributed by atoms with E-state index in [2.05, 4.69) is 53.1 Å². The lowest BCUT2D eigenvalue weighted by Crippen LogP contribution is -2.71. The van der Waals surface area contributed by atoms with E-state index in [0.29, 0.717) is 22.0 Å². The molecule has 2 amide bonds. The maximum absolute atomic E-state index is 15.6. The van der Waals surface area contributed by atoms with Crippen LogP contribution in [0.5, 0.6) is 5.75 Å². The number of carbonyl (C=O) groups excluding carboxylic acids is 3. The molecule has 0 aliphatic carbocycles. The number of ether oxygens (including phenoxy) is 2. The number of anilines is 1. The van der Waals surface area contributed by atoms with Gasteiger partial charge in [0.05, 0.1) is 11.6 Å². The number of β-lactam (4-membered cyclic amide) rings is 1. The smallest absolute Gasteiger partial charge is 0.356 e. The number of rotatable bonds is 20. The summed E-state index contributed by atoms with van der Waals surface area (Å²) in [7, 11) is 0. The second kappa shape index (κ2) is 25.0. The van der Waals surface area contributed by atoms with Gasteiger partial charge in [0.25, 0.3) is 11.8 Å². The van der Waals surface area contributed by atoms with Crippen molar-refractivity contribution in [2.45, 2.75) is 28.7 Å². The summed E-state index contributed by atoms with van der Waals surface area (Å²) in [6.45, 7) is -0.0956. The molecule has 2 aliphatic heterocycles. The van der Waals surface area contributed by atoms with E-state index in [1.807, 2.05) is 206 Å². The molecule has 1 fully saturated rings. The van der Waals surface area contributed by atoms with Crippen molar-refractivity contribution in [2.24, 2.45) is 5.16 Å². The molecule has 85 heavy (non-hydrogen) atoms. The number of nitrogens with zero attached hydrogens (tertiary/aromatic N) is 4. The predicted molar refractivity (Wildman–Crippen MR) is 331 cm³/mol. The first-order valence-corrected chi connectivity index (χ1v) is 29.5. The number of fused-ring (bicyclic) bond motifs is 1. The molecule has 12 nitrogen and oxygen atoms in total. The lowest BCUT2D eigenvalue weighted by molar-refractivity contribution is -0.154. The number of hydrogen-bond acceptors (Lipinski definition) is 12. The number of nitriles is 1. The van der Waals surface area contributed by atoms with Gasteiger partial charge in [-0.15, -0.1) is 23.1 Å². The molecule has 2 N–H and O–H groups in total. The van der Waals surface area contributed by atoms with Crippen molar-refractivity contribution in [3.05, 3.63) is 339 Å². The van der Waals surface area contributed by atoms with Gasteiger partial charge in [0, 0.05) is 33.4 Å². The standard InChI is InChI=1S/C71H54N6O6S2/c72-45-49-26-25-43-59(44-49)81-46-52-47-84-67-62(66(79)77(67)63(52)68(80)82-64(50-27-9-1-10-28-50)51-29-11-2-12-30-51)74-65(78)61(76-83-71(56-37-19-6-20-38-56,57-39-21-7-22-40-57)58-41-23-8-24-42-58)60-48-85-69(73-60)75-70(53-31-13-3-14-32-53,54-33-15-4-16-34-54)55-35-17-5-18-36-55/h1-44,48,62,64,67H,46-47H2,(H,73,75)(H,74,78)/t62?,67-/m0/s1. The fraction of sp³-hybridized carbons (Fsp3) is 0.0986. The van der Waals surface area contributed by atoms with Crippen molar-refractivity contribution in [2.75, 3.05) is 17.7 Å². The molecule has 9 aromatic carbocycles. The summed E-state index contributed by atoms with van der Waals surface area (Å²) in [6, 6.07) is 86.0. The van der Waals surface area contributed by atoms with Crippen molar-refractivity contribution in [3.63, 3.8) is 0 Å². The molecule has 0 bridgehead atoms. The van der Waals surface area contributed by atoms with Crippen LogP contribution in [0.4, 0.5) is 5.13 Å². The first-order valence-electron chi connectivity index (χ1n) is 27.6.